The van der Waals surface area contributed by atoms with Gasteiger partial charge in [-0.1, -0.05) is 48.7 Å². The third kappa shape index (κ3) is 47.8. The van der Waals surface area contributed by atoms with Gasteiger partial charge < -0.3 is 67.1 Å². The van der Waals surface area contributed by atoms with Crippen molar-refractivity contribution < 1.29 is 137 Å². The Morgan fingerprint density at radius 3 is 1.24 bits per heavy atom. The number of anilines is 1. The van der Waals surface area contributed by atoms with Gasteiger partial charge >= 0.3 is 70.3 Å². The number of aromatic amines is 1. The van der Waals surface area contributed by atoms with E-state index in [4.69, 9.17) is 87.1 Å². The molecule has 4 unspecified atom stereocenters. The number of halogens is 7. The minimum atomic E-state index is -3.22. The van der Waals surface area contributed by atoms with Crippen LogP contribution in [0.3, 0.4) is 0 Å². The molecule has 0 aliphatic carbocycles. The van der Waals surface area contributed by atoms with Crippen molar-refractivity contribution in [1.82, 2.24) is 41.4 Å². The van der Waals surface area contributed by atoms with Gasteiger partial charge in [-0.2, -0.15) is 24.5 Å². The number of morpholine rings is 2. The molecule has 0 spiro atoms. The summed E-state index contributed by atoms with van der Waals surface area (Å²) in [6.07, 6.45) is 4.71. The number of hydrogen-bond donors (Lipinski definition) is 8. The summed E-state index contributed by atoms with van der Waals surface area (Å²) in [7, 11) is 2.88. The first kappa shape index (κ1) is 122. The number of hydrogen-bond acceptors (Lipinski definition) is 35. The second-order valence-electron chi connectivity index (χ2n) is 24.9. The third-order valence-electron chi connectivity index (χ3n) is 15.4. The number of aromatic nitrogens is 6. The van der Waals surface area contributed by atoms with E-state index in [-0.39, 0.29) is 152 Å². The molecule has 680 valence electrons. The fraction of sp³-hybridized carbons (Fsp3) is 0.293. The average molecular weight is 1960 g/mol. The molecule has 6 aromatic carbocycles. The topological polar surface area (TPSA) is 684 Å². The number of amidine groups is 1. The summed E-state index contributed by atoms with van der Waals surface area (Å²) < 4.78 is 29.6. The molecule has 4 bridgehead atoms. The first-order chi connectivity index (χ1) is 58.6. The van der Waals surface area contributed by atoms with E-state index in [1.165, 1.54) is 154 Å². The molecule has 4 aliphatic heterocycles. The first-order valence-electron chi connectivity index (χ1n) is 35.6. The number of ether oxygens (including phenoxy) is 4. The number of carbonyl (C=O) groups is 2. The van der Waals surface area contributed by atoms with Gasteiger partial charge in [0.05, 0.1) is 99.5 Å². The number of nitro benzene ring substituents is 6. The quantitative estimate of drug-likeness (QED) is 0.00559. The molecular formula is C75H86Cl7N20Na2O23P. The summed E-state index contributed by atoms with van der Waals surface area (Å²) in [6, 6.07) is 42.4. The standard InChI is InChI=1S/C16H15ClN4O3.C10H5Cl2N3O2.C10H7N3O4.C8H8N2O3.C7H7N3O2.C7H4N2O2.C6H11NO.C6H10O3.C3H9N.2CH3O.Cl3OP.ClH.H3N.2Na/c17-14-7-15(20-12-5-6-13(20)9-24-8-12)19-16(18-14)10-1-3-11(4-2-10)21(22)23;11-8-5-9(12)14-10(13-8)6-1-3-7(4-2-6)15(16)17;14-8-5-9(15)12-10(11-8)6-1-3-7(4-2-6)13(16)17;1-13-8(9)6-2-4-7(5-3-6)10(11)12;8-7(9)5-1-3-6(4-2-5)10(11)12;8-5-6-1-3-7(4-2-6)9(10)11;1-2-6-4-8-3-5(1)7-6;1-3-9-6(8)4-5(2)7;1-3(2)4;2*1-2;1-5(2,3)4;;;;/h1-4,7,12-13H,5-6,8-9H2;1-5H;1-5H,(H2,11,12,14,15);2-5,9H,1H3;1-4H,(H3,8,9);1-4H;5-7H,1-4H2;3-4H2,1-2H3;3H,4H2,1-2H3;2*1H3;;1H;1H3;;/q;;;;;;;;;2*-1;;;;2*+1. The van der Waals surface area contributed by atoms with Gasteiger partial charge in [-0.15, -0.1) is 12.4 Å². The molecular weight excluding hydrogens is 1870 g/mol. The van der Waals surface area contributed by atoms with E-state index in [1.807, 2.05) is 19.9 Å². The summed E-state index contributed by atoms with van der Waals surface area (Å²) in [5.41, 5.74) is 13.0. The van der Waals surface area contributed by atoms with E-state index in [1.54, 1.807) is 37.3 Å². The first-order valence-corrected chi connectivity index (χ1v) is 41.2. The van der Waals surface area contributed by atoms with Gasteiger partial charge in [0.15, 0.2) is 11.6 Å². The summed E-state index contributed by atoms with van der Waals surface area (Å²) in [4.78, 5) is 116. The Balaban J connectivity index is -0.00000139. The van der Waals surface area contributed by atoms with Gasteiger partial charge in [0.1, 0.15) is 45.1 Å². The van der Waals surface area contributed by atoms with Crippen LogP contribution in [-0.4, -0.2) is 173 Å². The second kappa shape index (κ2) is 64.6. The Hall–Kier alpha value is -10.1. The number of carbonyl (C=O) groups excluding carboxylic acids is 2. The molecule has 0 amide bonds. The van der Waals surface area contributed by atoms with E-state index < -0.39 is 52.1 Å². The number of H-pyrrole nitrogens is 1. The van der Waals surface area contributed by atoms with Gasteiger partial charge in [-0.25, -0.2) is 19.9 Å². The number of nitrogen functional groups attached to an aromatic ring is 1. The minimum absolute atomic E-state index is 0. The molecule has 53 heteroatoms. The maximum absolute atomic E-state index is 11.1. The number of aromatic hydroxyl groups is 1. The molecule has 0 saturated carbocycles. The van der Waals surface area contributed by atoms with Crippen LogP contribution in [0.15, 0.2) is 169 Å². The van der Waals surface area contributed by atoms with Crippen molar-refractivity contribution in [2.45, 2.75) is 90.0 Å². The Bertz CT molecular complexity index is 5080. The number of fused-ring (bicyclic) bond motifs is 4. The third-order valence-corrected chi connectivity index (χ3v) is 16.0. The largest absolute Gasteiger partial charge is 1.00 e. The monoisotopic (exact) mass is 1960 g/mol. The molecule has 43 nitrogen and oxygen atoms in total. The van der Waals surface area contributed by atoms with E-state index in [0.717, 1.165) is 52.2 Å². The van der Waals surface area contributed by atoms with Crippen LogP contribution in [0.1, 0.15) is 76.5 Å². The van der Waals surface area contributed by atoms with Gasteiger partial charge in [0.25, 0.3) is 39.7 Å². The number of nitro groups is 6. The van der Waals surface area contributed by atoms with Crippen molar-refractivity contribution in [3.8, 4) is 46.1 Å². The van der Waals surface area contributed by atoms with Gasteiger partial charge in [-0.3, -0.25) is 90.5 Å². The Labute approximate surface area is 811 Å². The van der Waals surface area contributed by atoms with Crippen LogP contribution in [0, 0.1) is 82.8 Å². The number of ketones is 1. The maximum Gasteiger partial charge on any atom is 1.00 e. The average Bonchev–Trinajstić information content (AvgIpc) is 1.62. The van der Waals surface area contributed by atoms with Crippen LogP contribution in [0.4, 0.5) is 39.9 Å². The molecule has 4 atom stereocenters. The minimum Gasteiger partial charge on any atom is -0.857 e. The number of benzene rings is 6. The smallest absolute Gasteiger partial charge is 0.857 e. The van der Waals surface area contributed by atoms with Crippen LogP contribution in [0.5, 0.6) is 5.88 Å². The maximum atomic E-state index is 11.1. The summed E-state index contributed by atoms with van der Waals surface area (Å²) in [5.74, 6) is 0.653. The molecule has 3 aromatic heterocycles. The molecule has 12 N–H and O–H groups in total. The molecule has 9 aromatic rings. The predicted molar refractivity (Wildman–Crippen MR) is 472 cm³/mol. The van der Waals surface area contributed by atoms with Gasteiger partial charge in [0, 0.05) is 125 Å². The number of esters is 1. The SMILES string of the molecule is C1CC2COCC1N2.CC(C)N.CCOC(=O)CC(C)=O.COC(=N)c1ccc([N+](=O)[O-])cc1.C[O-].C[O-].Cl.N.N#Cc1ccc([N+](=O)[O-])cc1.N=C(N)c1ccc([N+](=O)[O-])cc1.O=P(Cl)(Cl)Cl.O=[N+]([O-])c1ccc(-c2nc(Cl)cc(Cl)n2)cc1.O=[N+]([O-])c1ccc(-c2nc(Cl)cc(N3C4CCC3COC4)n2)cc1.O=c1cc(O)nc(-c2ccc([N+](=O)[O-])cc2)[nH]1.[Na+].[Na+]. The number of methoxy groups -OCH3 is 1. The number of nitrogens with two attached hydrogens (primary N) is 2. The van der Waals surface area contributed by atoms with Crippen LogP contribution in [0.2, 0.25) is 15.5 Å². The van der Waals surface area contributed by atoms with Crippen LogP contribution in [0.25, 0.3) is 34.2 Å². The molecule has 4 fully saturated rings. The molecule has 0 radical (unpaired) electrons. The zero-order chi connectivity index (χ0) is 93.5. The summed E-state index contributed by atoms with van der Waals surface area (Å²) in [6.45, 7) is 10.6. The molecule has 128 heavy (non-hydrogen) atoms. The zero-order valence-corrected chi connectivity index (χ0v) is 80.0. The van der Waals surface area contributed by atoms with E-state index in [9.17, 15) is 79.6 Å². The second-order valence-corrected chi connectivity index (χ2v) is 32.7. The number of nitriles is 1. The van der Waals surface area contributed by atoms with E-state index in [2.05, 4.69) is 83.3 Å². The van der Waals surface area contributed by atoms with Crippen LogP contribution < -0.4 is 103 Å². The van der Waals surface area contributed by atoms with Gasteiger partial charge in [0.2, 0.25) is 11.8 Å². The molecule has 4 saturated heterocycles. The number of rotatable bonds is 15. The summed E-state index contributed by atoms with van der Waals surface area (Å²) in [5, 5.41) is 112. The van der Waals surface area contributed by atoms with Crippen molar-refractivity contribution in [1.29, 1.82) is 16.1 Å². The van der Waals surface area contributed by atoms with Crippen LogP contribution >= 0.6 is 86.1 Å². The number of nitrogens with one attached hydrogen (secondary N) is 4. The molecule has 13 rings (SSSR count). The zero-order valence-electron chi connectivity index (χ0n) is 69.8. The van der Waals surface area contributed by atoms with Crippen molar-refractivity contribution in [3.63, 3.8) is 0 Å². The Kier molecular flexibility index (Phi) is 61.6. The number of Topliss-reactive ketones (excluding diaryl/α,β-unsaturated/α-hetero) is 1. The van der Waals surface area contributed by atoms with E-state index >= 15 is 0 Å². The Morgan fingerprint density at radius 2 is 0.922 bits per heavy atom. The number of nitrogens with zero attached hydrogens (tertiary/aromatic N) is 13. The fourth-order valence-electron chi connectivity index (χ4n) is 10.2. The predicted octanol–water partition coefficient (Wildman–Crippen LogP) is 7.77. The van der Waals surface area contributed by atoms with Crippen LogP contribution in [-0.2, 0) is 33.1 Å². The molecule has 4 aliphatic rings. The fourth-order valence-corrected chi connectivity index (χ4v) is 10.8. The van der Waals surface area contributed by atoms with Crippen molar-refractivity contribution in [2.24, 2.45) is 11.5 Å². The van der Waals surface area contributed by atoms with E-state index in [0.29, 0.717) is 100 Å². The van der Waals surface area contributed by atoms with Gasteiger partial charge in [-0.05, 0) is 152 Å². The van der Waals surface area contributed by atoms with Crippen molar-refractivity contribution >= 4 is 150 Å². The normalized spacial score (nSPS) is 13.8. The Morgan fingerprint density at radius 1 is 0.594 bits per heavy atom. The van der Waals surface area contributed by atoms with Crippen molar-refractivity contribution in [2.75, 3.05) is 59.3 Å². The molecule has 7 heterocycles. The van der Waals surface area contributed by atoms with Crippen molar-refractivity contribution in [3.05, 3.63) is 267 Å². The number of non-ortho nitro benzene ring substituents is 6. The summed E-state index contributed by atoms with van der Waals surface area (Å²) >= 11 is 31.5.